The molecule has 110 valence electrons. The second-order valence-corrected chi connectivity index (χ2v) is 4.97. The summed E-state index contributed by atoms with van der Waals surface area (Å²) in [6.45, 7) is 5.52. The fourth-order valence-electron chi connectivity index (χ4n) is 1.98. The standard InChI is InChI=1S/C15H17N3O3/c1-8(2)12-13(21-9(3)17-12)15(20)18-11-7-5-4-6-10(11)14(16)19/h4-8H,1-3H3,(H2,16,19)(H,18,20). The molecule has 0 aliphatic rings. The zero-order valence-corrected chi connectivity index (χ0v) is 12.1. The Morgan fingerprint density at radius 2 is 1.95 bits per heavy atom. The Morgan fingerprint density at radius 1 is 1.29 bits per heavy atom. The first-order chi connectivity index (χ1) is 9.90. The summed E-state index contributed by atoms with van der Waals surface area (Å²) >= 11 is 0. The van der Waals surface area contributed by atoms with Gasteiger partial charge < -0.3 is 15.5 Å². The third-order valence-electron chi connectivity index (χ3n) is 2.95. The molecule has 0 aliphatic carbocycles. The SMILES string of the molecule is Cc1nc(C(C)C)c(C(=O)Nc2ccccc2C(N)=O)o1. The smallest absolute Gasteiger partial charge is 0.293 e. The van der Waals surface area contributed by atoms with Crippen molar-refractivity contribution in [2.45, 2.75) is 26.7 Å². The van der Waals surface area contributed by atoms with E-state index in [1.165, 1.54) is 0 Å². The lowest BCUT2D eigenvalue weighted by Gasteiger charge is -2.08. The number of primary amides is 1. The first kappa shape index (κ1) is 14.8. The second kappa shape index (κ2) is 5.78. The molecule has 1 aromatic carbocycles. The van der Waals surface area contributed by atoms with E-state index in [2.05, 4.69) is 10.3 Å². The van der Waals surface area contributed by atoms with E-state index in [1.54, 1.807) is 31.2 Å². The zero-order chi connectivity index (χ0) is 15.6. The molecule has 2 aromatic rings. The van der Waals surface area contributed by atoms with Crippen molar-refractivity contribution in [1.29, 1.82) is 0 Å². The van der Waals surface area contributed by atoms with Crippen LogP contribution in [0.4, 0.5) is 5.69 Å². The number of hydrogen-bond acceptors (Lipinski definition) is 4. The lowest BCUT2D eigenvalue weighted by Crippen LogP contribution is -2.19. The van der Waals surface area contributed by atoms with Gasteiger partial charge in [-0.25, -0.2) is 4.98 Å². The van der Waals surface area contributed by atoms with Crippen LogP contribution in [0.25, 0.3) is 0 Å². The molecule has 0 unspecified atom stereocenters. The molecular formula is C15H17N3O3. The van der Waals surface area contributed by atoms with Gasteiger partial charge in [-0.15, -0.1) is 0 Å². The number of rotatable bonds is 4. The summed E-state index contributed by atoms with van der Waals surface area (Å²) in [5.74, 6) is -0.430. The van der Waals surface area contributed by atoms with Crippen LogP contribution < -0.4 is 11.1 Å². The van der Waals surface area contributed by atoms with E-state index in [0.29, 0.717) is 17.3 Å². The van der Waals surface area contributed by atoms with Gasteiger partial charge in [-0.2, -0.15) is 0 Å². The number of oxazole rings is 1. The highest BCUT2D eigenvalue weighted by Crippen LogP contribution is 2.22. The molecule has 0 radical (unpaired) electrons. The van der Waals surface area contributed by atoms with E-state index in [-0.39, 0.29) is 17.2 Å². The van der Waals surface area contributed by atoms with Crippen molar-refractivity contribution in [3.05, 3.63) is 47.2 Å². The number of carbonyl (C=O) groups excluding carboxylic acids is 2. The summed E-state index contributed by atoms with van der Waals surface area (Å²) in [6, 6.07) is 6.54. The van der Waals surface area contributed by atoms with E-state index in [4.69, 9.17) is 10.2 Å². The Kier molecular flexibility index (Phi) is 4.07. The molecule has 3 N–H and O–H groups in total. The minimum atomic E-state index is -0.608. The summed E-state index contributed by atoms with van der Waals surface area (Å²) in [6.07, 6.45) is 0. The Morgan fingerprint density at radius 3 is 2.57 bits per heavy atom. The summed E-state index contributed by atoms with van der Waals surface area (Å²) in [4.78, 5) is 27.9. The number of benzene rings is 1. The van der Waals surface area contributed by atoms with Gasteiger partial charge in [0.05, 0.1) is 16.9 Å². The van der Waals surface area contributed by atoms with Crippen molar-refractivity contribution < 1.29 is 14.0 Å². The molecule has 0 aliphatic heterocycles. The third kappa shape index (κ3) is 3.10. The first-order valence-electron chi connectivity index (χ1n) is 6.57. The molecule has 6 nitrogen and oxygen atoms in total. The van der Waals surface area contributed by atoms with Crippen LogP contribution >= 0.6 is 0 Å². The molecule has 1 aromatic heterocycles. The van der Waals surface area contributed by atoms with Gasteiger partial charge in [0.1, 0.15) is 0 Å². The van der Waals surface area contributed by atoms with Crippen molar-refractivity contribution in [3.8, 4) is 0 Å². The fourth-order valence-corrected chi connectivity index (χ4v) is 1.98. The molecule has 1 heterocycles. The Balaban J connectivity index is 2.33. The van der Waals surface area contributed by atoms with Crippen molar-refractivity contribution in [3.63, 3.8) is 0 Å². The number of hydrogen-bond donors (Lipinski definition) is 2. The largest absolute Gasteiger partial charge is 0.436 e. The fraction of sp³-hybridized carbons (Fsp3) is 0.267. The van der Waals surface area contributed by atoms with Gasteiger partial charge in [-0.3, -0.25) is 9.59 Å². The number of amides is 2. The van der Waals surface area contributed by atoms with Gasteiger partial charge in [-0.1, -0.05) is 26.0 Å². The topological polar surface area (TPSA) is 98.2 Å². The monoisotopic (exact) mass is 287 g/mol. The normalized spacial score (nSPS) is 10.7. The van der Waals surface area contributed by atoms with Gasteiger partial charge >= 0.3 is 0 Å². The first-order valence-corrected chi connectivity index (χ1v) is 6.57. The molecule has 0 bridgehead atoms. The Bertz CT molecular complexity index is 689. The molecule has 2 rings (SSSR count). The molecule has 2 amide bonds. The second-order valence-electron chi connectivity index (χ2n) is 4.97. The number of carbonyl (C=O) groups is 2. The third-order valence-corrected chi connectivity index (χ3v) is 2.95. The number of nitrogens with one attached hydrogen (secondary N) is 1. The molecule has 0 fully saturated rings. The highest BCUT2D eigenvalue weighted by Gasteiger charge is 2.22. The number of aromatic nitrogens is 1. The summed E-state index contributed by atoms with van der Waals surface area (Å²) in [5.41, 5.74) is 6.46. The van der Waals surface area contributed by atoms with Crippen LogP contribution in [0.2, 0.25) is 0 Å². The number of nitrogens with two attached hydrogens (primary N) is 1. The lowest BCUT2D eigenvalue weighted by atomic mass is 10.1. The molecule has 0 saturated carbocycles. The maximum Gasteiger partial charge on any atom is 0.293 e. The Labute approximate surface area is 122 Å². The van der Waals surface area contributed by atoms with Gasteiger partial charge in [0.25, 0.3) is 11.8 Å². The maximum atomic E-state index is 12.3. The molecule has 21 heavy (non-hydrogen) atoms. The van der Waals surface area contributed by atoms with Crippen LogP contribution in [0.1, 0.15) is 52.3 Å². The lowest BCUT2D eigenvalue weighted by molar-refractivity contribution is 0.0993. The molecule has 0 atom stereocenters. The number of nitrogens with zero attached hydrogens (tertiary/aromatic N) is 1. The highest BCUT2D eigenvalue weighted by atomic mass is 16.4. The number of aryl methyl sites for hydroxylation is 1. The minimum absolute atomic E-state index is 0.0505. The van der Waals surface area contributed by atoms with Crippen LogP contribution in [-0.2, 0) is 0 Å². The number of para-hydroxylation sites is 1. The van der Waals surface area contributed by atoms with Crippen molar-refractivity contribution in [2.75, 3.05) is 5.32 Å². The van der Waals surface area contributed by atoms with E-state index in [9.17, 15) is 9.59 Å². The predicted molar refractivity (Wildman–Crippen MR) is 78.2 cm³/mol. The molecular weight excluding hydrogens is 270 g/mol. The molecule has 0 saturated heterocycles. The summed E-state index contributed by atoms with van der Waals surface area (Å²) < 4.78 is 5.37. The van der Waals surface area contributed by atoms with Crippen LogP contribution in [0, 0.1) is 6.92 Å². The van der Waals surface area contributed by atoms with Crippen LogP contribution in [-0.4, -0.2) is 16.8 Å². The average molecular weight is 287 g/mol. The Hall–Kier alpha value is -2.63. The van der Waals surface area contributed by atoms with Gasteiger partial charge in [0.2, 0.25) is 5.76 Å². The average Bonchev–Trinajstić information content (AvgIpc) is 2.81. The zero-order valence-electron chi connectivity index (χ0n) is 12.1. The van der Waals surface area contributed by atoms with E-state index in [0.717, 1.165) is 0 Å². The van der Waals surface area contributed by atoms with Crippen molar-refractivity contribution in [1.82, 2.24) is 4.98 Å². The molecule has 6 heteroatoms. The van der Waals surface area contributed by atoms with E-state index in [1.807, 2.05) is 13.8 Å². The van der Waals surface area contributed by atoms with Crippen LogP contribution in [0.5, 0.6) is 0 Å². The summed E-state index contributed by atoms with van der Waals surface area (Å²) in [7, 11) is 0. The van der Waals surface area contributed by atoms with Gasteiger partial charge in [0.15, 0.2) is 5.89 Å². The summed E-state index contributed by atoms with van der Waals surface area (Å²) in [5, 5.41) is 2.64. The predicted octanol–water partition coefficient (Wildman–Crippen LogP) is 2.46. The minimum Gasteiger partial charge on any atom is -0.436 e. The maximum absolute atomic E-state index is 12.3. The number of anilines is 1. The quantitative estimate of drug-likeness (QED) is 0.902. The van der Waals surface area contributed by atoms with Crippen LogP contribution in [0.3, 0.4) is 0 Å². The molecule has 0 spiro atoms. The van der Waals surface area contributed by atoms with Gasteiger partial charge in [0, 0.05) is 6.92 Å². The van der Waals surface area contributed by atoms with Gasteiger partial charge in [-0.05, 0) is 18.1 Å². The van der Waals surface area contributed by atoms with E-state index >= 15 is 0 Å². The van der Waals surface area contributed by atoms with Crippen LogP contribution in [0.15, 0.2) is 28.7 Å². The van der Waals surface area contributed by atoms with E-state index < -0.39 is 11.8 Å². The van der Waals surface area contributed by atoms with Crippen molar-refractivity contribution in [2.24, 2.45) is 5.73 Å². The van der Waals surface area contributed by atoms with Crippen molar-refractivity contribution >= 4 is 17.5 Å². The highest BCUT2D eigenvalue weighted by molar-refractivity contribution is 6.07.